The highest BCUT2D eigenvalue weighted by molar-refractivity contribution is 6.01. The average molecular weight is 511 g/mol. The Kier molecular flexibility index (Phi) is 7.18. The molecule has 2 aliphatic heterocycles. The fourth-order valence-electron chi connectivity index (χ4n) is 4.85. The third-order valence-electron chi connectivity index (χ3n) is 7.53. The topological polar surface area (TPSA) is 83.0 Å². The van der Waals surface area contributed by atoms with Gasteiger partial charge in [0, 0.05) is 23.1 Å². The molecule has 0 spiro atoms. The Morgan fingerprint density at radius 3 is 2.66 bits per heavy atom. The number of fused-ring (bicyclic) bond motifs is 1. The first-order valence-corrected chi connectivity index (χ1v) is 13.2. The Morgan fingerprint density at radius 2 is 1.87 bits per heavy atom. The van der Waals surface area contributed by atoms with Crippen LogP contribution in [0.3, 0.4) is 0 Å². The van der Waals surface area contributed by atoms with E-state index in [1.165, 1.54) is 0 Å². The predicted molar refractivity (Wildman–Crippen MR) is 148 cm³/mol. The minimum absolute atomic E-state index is 0.00305. The van der Waals surface area contributed by atoms with Crippen molar-refractivity contribution >= 4 is 23.5 Å². The van der Waals surface area contributed by atoms with Crippen molar-refractivity contribution in [3.05, 3.63) is 95.6 Å². The van der Waals surface area contributed by atoms with E-state index in [-0.39, 0.29) is 23.8 Å². The largest absolute Gasteiger partial charge is 0.493 e. The number of benzene rings is 3. The first-order chi connectivity index (χ1) is 18.3. The molecular weight excluding hydrogens is 476 g/mol. The number of aliphatic imine (C=N–C) groups is 1. The highest BCUT2D eigenvalue weighted by Crippen LogP contribution is 2.32. The van der Waals surface area contributed by atoms with Gasteiger partial charge in [0.05, 0.1) is 31.3 Å². The first-order valence-electron chi connectivity index (χ1n) is 13.2. The van der Waals surface area contributed by atoms with Crippen molar-refractivity contribution in [3.63, 3.8) is 0 Å². The standard InChI is InChI=1S/C31H34N4O3/c1-21(2)31(3)19-28(36)35(30(34-31)32-24-12-5-4-6-13-24)20-22-10-9-11-23(18-22)29(37)33-26-16-17-38-27-15-8-7-14-25(26)27/h4-15,18,21,26H,16-17,19-20H2,1-3H3,(H,32,34)(H,33,37)/t26-,31+/m1/s1. The number of carbonyl (C=O) groups excluding carboxylic acids is 2. The van der Waals surface area contributed by atoms with E-state index in [0.29, 0.717) is 37.5 Å². The zero-order valence-corrected chi connectivity index (χ0v) is 22.1. The number of rotatable bonds is 6. The molecule has 0 aromatic heterocycles. The third-order valence-corrected chi connectivity index (χ3v) is 7.53. The molecule has 7 nitrogen and oxygen atoms in total. The van der Waals surface area contributed by atoms with Gasteiger partial charge in [0.25, 0.3) is 5.91 Å². The zero-order chi connectivity index (χ0) is 26.7. The van der Waals surface area contributed by atoms with Crippen molar-refractivity contribution in [2.75, 3.05) is 6.61 Å². The van der Waals surface area contributed by atoms with Crippen molar-refractivity contribution in [1.82, 2.24) is 15.5 Å². The molecule has 0 radical (unpaired) electrons. The molecule has 3 aromatic carbocycles. The van der Waals surface area contributed by atoms with Crippen LogP contribution in [0.5, 0.6) is 5.75 Å². The van der Waals surface area contributed by atoms with Gasteiger partial charge in [0.2, 0.25) is 11.9 Å². The summed E-state index contributed by atoms with van der Waals surface area (Å²) in [5.41, 5.74) is 2.77. The summed E-state index contributed by atoms with van der Waals surface area (Å²) < 4.78 is 5.73. The van der Waals surface area contributed by atoms with Crippen molar-refractivity contribution < 1.29 is 14.3 Å². The summed E-state index contributed by atoms with van der Waals surface area (Å²) in [6.45, 7) is 7.15. The smallest absolute Gasteiger partial charge is 0.251 e. The van der Waals surface area contributed by atoms with Crippen LogP contribution in [0.4, 0.5) is 5.69 Å². The fourth-order valence-corrected chi connectivity index (χ4v) is 4.85. The molecule has 0 bridgehead atoms. The SMILES string of the molecule is CC(C)[C@]1(C)CC(=O)N(Cc2cccc(C(=O)N[C@@H]3CCOc4ccccc43)c2)/C(=N\c2ccccc2)N1. The van der Waals surface area contributed by atoms with Gasteiger partial charge in [-0.3, -0.25) is 14.5 Å². The van der Waals surface area contributed by atoms with Crippen molar-refractivity contribution in [3.8, 4) is 5.75 Å². The number of hydrogen-bond acceptors (Lipinski definition) is 4. The summed E-state index contributed by atoms with van der Waals surface area (Å²) >= 11 is 0. The molecule has 38 heavy (non-hydrogen) atoms. The molecule has 7 heteroatoms. The Bertz CT molecular complexity index is 1350. The molecule has 196 valence electrons. The van der Waals surface area contributed by atoms with Crippen LogP contribution in [0.2, 0.25) is 0 Å². The second kappa shape index (κ2) is 10.7. The number of nitrogens with one attached hydrogen (secondary N) is 2. The molecule has 5 rings (SSSR count). The fraction of sp³-hybridized carbons (Fsp3) is 0.323. The van der Waals surface area contributed by atoms with Gasteiger partial charge >= 0.3 is 0 Å². The predicted octanol–water partition coefficient (Wildman–Crippen LogP) is 5.36. The van der Waals surface area contributed by atoms with Gasteiger partial charge in [-0.2, -0.15) is 0 Å². The lowest BCUT2D eigenvalue weighted by Crippen LogP contribution is -2.63. The average Bonchev–Trinajstić information content (AvgIpc) is 2.91. The molecule has 2 aliphatic rings. The lowest BCUT2D eigenvalue weighted by atomic mass is 9.83. The van der Waals surface area contributed by atoms with Crippen LogP contribution in [0.1, 0.15) is 61.1 Å². The van der Waals surface area contributed by atoms with Gasteiger partial charge in [-0.05, 0) is 48.7 Å². The van der Waals surface area contributed by atoms with E-state index in [4.69, 9.17) is 9.73 Å². The van der Waals surface area contributed by atoms with E-state index in [1.54, 1.807) is 11.0 Å². The quantitative estimate of drug-likeness (QED) is 0.467. The van der Waals surface area contributed by atoms with E-state index in [1.807, 2.05) is 72.8 Å². The van der Waals surface area contributed by atoms with Crippen LogP contribution in [-0.4, -0.2) is 34.8 Å². The van der Waals surface area contributed by atoms with Gasteiger partial charge in [-0.15, -0.1) is 0 Å². The highest BCUT2D eigenvalue weighted by Gasteiger charge is 2.40. The molecule has 0 aliphatic carbocycles. The molecule has 0 unspecified atom stereocenters. The molecule has 3 aromatic rings. The Morgan fingerprint density at radius 1 is 1.11 bits per heavy atom. The summed E-state index contributed by atoms with van der Waals surface area (Å²) in [4.78, 5) is 33.1. The minimum Gasteiger partial charge on any atom is -0.493 e. The van der Waals surface area contributed by atoms with Crippen LogP contribution >= 0.6 is 0 Å². The summed E-state index contributed by atoms with van der Waals surface area (Å²) in [7, 11) is 0. The monoisotopic (exact) mass is 510 g/mol. The van der Waals surface area contributed by atoms with Crippen LogP contribution in [-0.2, 0) is 11.3 Å². The lowest BCUT2D eigenvalue weighted by molar-refractivity contribution is -0.131. The van der Waals surface area contributed by atoms with E-state index < -0.39 is 5.54 Å². The molecule has 1 fully saturated rings. The maximum absolute atomic E-state index is 13.4. The molecule has 2 heterocycles. The van der Waals surface area contributed by atoms with Gasteiger partial charge in [-0.1, -0.05) is 62.4 Å². The molecular formula is C31H34N4O3. The number of amides is 2. The number of ether oxygens (including phenoxy) is 1. The Hall–Kier alpha value is -4.13. The van der Waals surface area contributed by atoms with Gasteiger partial charge in [-0.25, -0.2) is 4.99 Å². The maximum Gasteiger partial charge on any atom is 0.251 e. The van der Waals surface area contributed by atoms with Crippen molar-refractivity contribution in [1.29, 1.82) is 0 Å². The normalized spacial score (nSPS) is 22.0. The van der Waals surface area contributed by atoms with Crippen LogP contribution in [0.25, 0.3) is 0 Å². The van der Waals surface area contributed by atoms with Gasteiger partial charge in [0.1, 0.15) is 5.75 Å². The van der Waals surface area contributed by atoms with Gasteiger partial charge in [0.15, 0.2) is 0 Å². The Labute approximate surface area is 223 Å². The van der Waals surface area contributed by atoms with Crippen LogP contribution in [0, 0.1) is 5.92 Å². The maximum atomic E-state index is 13.4. The first kappa shape index (κ1) is 25.5. The molecule has 2 amide bonds. The van der Waals surface area contributed by atoms with E-state index >= 15 is 0 Å². The van der Waals surface area contributed by atoms with Gasteiger partial charge < -0.3 is 15.4 Å². The van der Waals surface area contributed by atoms with E-state index in [9.17, 15) is 9.59 Å². The summed E-state index contributed by atoms with van der Waals surface area (Å²) in [5.74, 6) is 1.42. The van der Waals surface area contributed by atoms with Crippen LogP contribution < -0.4 is 15.4 Å². The second-order valence-corrected chi connectivity index (χ2v) is 10.5. The lowest BCUT2D eigenvalue weighted by Gasteiger charge is -2.43. The summed E-state index contributed by atoms with van der Waals surface area (Å²) in [6.07, 6.45) is 1.08. The summed E-state index contributed by atoms with van der Waals surface area (Å²) in [6, 6.07) is 24.8. The number of carbonyl (C=O) groups is 2. The molecule has 0 saturated carbocycles. The summed E-state index contributed by atoms with van der Waals surface area (Å²) in [5, 5.41) is 6.70. The van der Waals surface area contributed by atoms with Crippen molar-refractivity contribution in [2.24, 2.45) is 10.9 Å². The number of guanidine groups is 1. The van der Waals surface area contributed by atoms with E-state index in [0.717, 1.165) is 22.6 Å². The number of para-hydroxylation sites is 2. The molecule has 2 atom stereocenters. The molecule has 1 saturated heterocycles. The Balaban J connectivity index is 1.37. The third kappa shape index (κ3) is 5.42. The van der Waals surface area contributed by atoms with Crippen LogP contribution in [0.15, 0.2) is 83.9 Å². The highest BCUT2D eigenvalue weighted by atomic mass is 16.5. The number of nitrogens with zero attached hydrogens (tertiary/aromatic N) is 2. The zero-order valence-electron chi connectivity index (χ0n) is 22.1. The number of hydrogen-bond donors (Lipinski definition) is 2. The molecule has 2 N–H and O–H groups in total. The van der Waals surface area contributed by atoms with Crippen molar-refractivity contribution in [2.45, 2.75) is 51.7 Å². The minimum atomic E-state index is -0.400. The van der Waals surface area contributed by atoms with E-state index in [2.05, 4.69) is 31.4 Å². The second-order valence-electron chi connectivity index (χ2n) is 10.5.